The molecule has 0 N–H and O–H groups in total. The fourth-order valence-electron chi connectivity index (χ4n) is 2.98. The third-order valence-electron chi connectivity index (χ3n) is 4.80. The topological polar surface area (TPSA) is 72.9 Å². The van der Waals surface area contributed by atoms with E-state index < -0.39 is 5.97 Å². The molecule has 0 atom stereocenters. The van der Waals surface area contributed by atoms with Crippen LogP contribution in [-0.4, -0.2) is 44.8 Å². The molecular weight excluding hydrogens is 406 g/mol. The van der Waals surface area contributed by atoms with Crippen LogP contribution in [0.2, 0.25) is 0 Å². The highest BCUT2D eigenvalue weighted by atomic mass is 16.6. The van der Waals surface area contributed by atoms with Crippen molar-refractivity contribution in [1.29, 1.82) is 0 Å². The Labute approximate surface area is 187 Å². The zero-order valence-corrected chi connectivity index (χ0v) is 18.1. The van der Waals surface area contributed by atoms with Crippen LogP contribution in [0.1, 0.15) is 37.5 Å². The highest BCUT2D eigenvalue weighted by Gasteiger charge is 2.13. The number of nitrogens with zero attached hydrogens (tertiary/aromatic N) is 1. The van der Waals surface area contributed by atoms with Crippen LogP contribution in [0.5, 0.6) is 5.75 Å². The Balaban J connectivity index is 1.43. The third-order valence-corrected chi connectivity index (χ3v) is 4.80. The summed E-state index contributed by atoms with van der Waals surface area (Å²) in [5.41, 5.74) is 2.43. The largest absolute Gasteiger partial charge is 0.490 e. The summed E-state index contributed by atoms with van der Waals surface area (Å²) in [5.74, 6) is -0.334. The lowest BCUT2D eigenvalue weighted by Crippen LogP contribution is -2.13. The van der Waals surface area contributed by atoms with E-state index in [1.165, 1.54) is 0 Å². The van der Waals surface area contributed by atoms with Gasteiger partial charge in [0.1, 0.15) is 19.0 Å². The van der Waals surface area contributed by atoms with Crippen LogP contribution < -0.4 is 9.64 Å². The average molecular weight is 431 g/mol. The van der Waals surface area contributed by atoms with Gasteiger partial charge in [0, 0.05) is 30.9 Å². The molecular formula is C26H25NO5. The van der Waals surface area contributed by atoms with Gasteiger partial charge in [-0.05, 0) is 48.5 Å². The highest BCUT2D eigenvalue weighted by Crippen LogP contribution is 2.16. The van der Waals surface area contributed by atoms with Gasteiger partial charge in [-0.1, -0.05) is 30.3 Å². The summed E-state index contributed by atoms with van der Waals surface area (Å²) >= 11 is 0. The summed E-state index contributed by atoms with van der Waals surface area (Å²) < 4.78 is 10.8. The minimum Gasteiger partial charge on any atom is -0.490 e. The van der Waals surface area contributed by atoms with Crippen molar-refractivity contribution in [2.45, 2.75) is 6.42 Å². The van der Waals surface area contributed by atoms with Gasteiger partial charge in [0.15, 0.2) is 11.6 Å². The SMILES string of the molecule is CN(C)c1ccc(C(=O)OCCOc2ccc(C(=O)CC(=O)c3ccccc3)cc2)cc1. The molecule has 0 fully saturated rings. The van der Waals surface area contributed by atoms with Crippen molar-refractivity contribution in [1.82, 2.24) is 0 Å². The van der Waals surface area contributed by atoms with E-state index in [0.29, 0.717) is 22.4 Å². The molecule has 3 rings (SSSR count). The van der Waals surface area contributed by atoms with Gasteiger partial charge in [-0.3, -0.25) is 9.59 Å². The monoisotopic (exact) mass is 431 g/mol. The minimum atomic E-state index is -0.414. The van der Waals surface area contributed by atoms with Gasteiger partial charge in [0.05, 0.1) is 12.0 Å². The Morgan fingerprint density at radius 2 is 1.25 bits per heavy atom. The normalized spacial score (nSPS) is 10.3. The molecule has 0 aromatic heterocycles. The third kappa shape index (κ3) is 6.28. The maximum absolute atomic E-state index is 12.3. The van der Waals surface area contributed by atoms with E-state index >= 15 is 0 Å². The Morgan fingerprint density at radius 3 is 1.84 bits per heavy atom. The molecule has 6 nitrogen and oxygen atoms in total. The van der Waals surface area contributed by atoms with Crippen molar-refractivity contribution in [3.8, 4) is 5.75 Å². The fraction of sp³-hybridized carbons (Fsp3) is 0.192. The van der Waals surface area contributed by atoms with Gasteiger partial charge < -0.3 is 14.4 Å². The Morgan fingerprint density at radius 1 is 0.688 bits per heavy atom. The van der Waals surface area contributed by atoms with Crippen LogP contribution in [0.4, 0.5) is 5.69 Å². The van der Waals surface area contributed by atoms with Crippen molar-refractivity contribution in [2.24, 2.45) is 0 Å². The number of benzene rings is 3. The first kappa shape index (κ1) is 22.7. The van der Waals surface area contributed by atoms with Crippen LogP contribution in [-0.2, 0) is 4.74 Å². The first-order valence-electron chi connectivity index (χ1n) is 10.2. The van der Waals surface area contributed by atoms with Gasteiger partial charge in [-0.2, -0.15) is 0 Å². The predicted molar refractivity (Wildman–Crippen MR) is 123 cm³/mol. The Bertz CT molecular complexity index is 1060. The molecule has 6 heteroatoms. The van der Waals surface area contributed by atoms with Gasteiger partial charge in [-0.25, -0.2) is 4.79 Å². The molecule has 0 heterocycles. The van der Waals surface area contributed by atoms with Crippen LogP contribution in [0.25, 0.3) is 0 Å². The minimum absolute atomic E-state index is 0.0977. The summed E-state index contributed by atoms with van der Waals surface area (Å²) in [6.45, 7) is 0.280. The van der Waals surface area contributed by atoms with E-state index in [1.807, 2.05) is 37.2 Å². The van der Waals surface area contributed by atoms with E-state index in [2.05, 4.69) is 0 Å². The summed E-state index contributed by atoms with van der Waals surface area (Å²) in [5, 5.41) is 0. The first-order valence-corrected chi connectivity index (χ1v) is 10.2. The summed E-state index contributed by atoms with van der Waals surface area (Å²) in [6, 6.07) is 22.4. The number of ether oxygens (including phenoxy) is 2. The van der Waals surface area contributed by atoms with E-state index in [9.17, 15) is 14.4 Å². The van der Waals surface area contributed by atoms with Gasteiger partial charge in [-0.15, -0.1) is 0 Å². The number of hydrogen-bond donors (Lipinski definition) is 0. The lowest BCUT2D eigenvalue weighted by molar-refractivity contribution is 0.0450. The number of carbonyl (C=O) groups is 3. The molecule has 0 saturated carbocycles. The first-order chi connectivity index (χ1) is 15.4. The maximum Gasteiger partial charge on any atom is 0.338 e. The lowest BCUT2D eigenvalue weighted by atomic mass is 10.0. The summed E-state index contributed by atoms with van der Waals surface area (Å²) in [6.07, 6.45) is -0.185. The number of carbonyl (C=O) groups excluding carboxylic acids is 3. The standard InChI is InChI=1S/C26H25NO5/c1-27(2)22-12-8-21(9-13-22)26(30)32-17-16-31-23-14-10-20(11-15-23)25(29)18-24(28)19-6-4-3-5-7-19/h3-15H,16-18H2,1-2H3. The van der Waals surface area contributed by atoms with Crippen molar-refractivity contribution < 1.29 is 23.9 Å². The lowest BCUT2D eigenvalue weighted by Gasteiger charge is -2.12. The molecule has 0 aliphatic carbocycles. The smallest absolute Gasteiger partial charge is 0.338 e. The molecule has 0 aliphatic heterocycles. The molecule has 0 spiro atoms. The van der Waals surface area contributed by atoms with E-state index in [-0.39, 0.29) is 31.2 Å². The van der Waals surface area contributed by atoms with Crippen molar-refractivity contribution >= 4 is 23.2 Å². The van der Waals surface area contributed by atoms with Crippen molar-refractivity contribution in [2.75, 3.05) is 32.2 Å². The van der Waals surface area contributed by atoms with E-state index in [4.69, 9.17) is 9.47 Å². The zero-order valence-electron chi connectivity index (χ0n) is 18.1. The molecule has 3 aromatic carbocycles. The number of esters is 1. The Kier molecular flexibility index (Phi) is 7.75. The summed E-state index contributed by atoms with van der Waals surface area (Å²) in [4.78, 5) is 38.6. The van der Waals surface area contributed by atoms with Crippen LogP contribution in [0.15, 0.2) is 78.9 Å². The number of ketones is 2. The van der Waals surface area contributed by atoms with Crippen LogP contribution >= 0.6 is 0 Å². The van der Waals surface area contributed by atoms with E-state index in [0.717, 1.165) is 5.69 Å². The quantitative estimate of drug-likeness (QED) is 0.204. The van der Waals surface area contributed by atoms with Crippen molar-refractivity contribution in [3.05, 3.63) is 95.6 Å². The Hall–Kier alpha value is -3.93. The van der Waals surface area contributed by atoms with Crippen molar-refractivity contribution in [3.63, 3.8) is 0 Å². The van der Waals surface area contributed by atoms with Crippen LogP contribution in [0, 0.1) is 0 Å². The maximum atomic E-state index is 12.3. The molecule has 0 saturated heterocycles. The van der Waals surface area contributed by atoms with Gasteiger partial charge in [0.25, 0.3) is 0 Å². The number of hydrogen-bond acceptors (Lipinski definition) is 6. The van der Waals surface area contributed by atoms with Gasteiger partial charge in [0.2, 0.25) is 0 Å². The summed E-state index contributed by atoms with van der Waals surface area (Å²) in [7, 11) is 3.86. The fourth-order valence-corrected chi connectivity index (χ4v) is 2.98. The number of anilines is 1. The molecule has 32 heavy (non-hydrogen) atoms. The molecule has 0 bridgehead atoms. The highest BCUT2D eigenvalue weighted by molar-refractivity contribution is 6.13. The number of Topliss-reactive ketones (excluding diaryl/α,β-unsaturated/α-hetero) is 2. The zero-order chi connectivity index (χ0) is 22.9. The molecule has 3 aromatic rings. The second-order valence-electron chi connectivity index (χ2n) is 7.34. The van der Waals surface area contributed by atoms with Crippen LogP contribution in [0.3, 0.4) is 0 Å². The van der Waals surface area contributed by atoms with E-state index in [1.54, 1.807) is 60.7 Å². The molecule has 0 amide bonds. The predicted octanol–water partition coefficient (Wildman–Crippen LogP) is 4.44. The van der Waals surface area contributed by atoms with Gasteiger partial charge >= 0.3 is 5.97 Å². The second kappa shape index (κ2) is 10.9. The molecule has 0 aliphatic rings. The molecule has 0 unspecified atom stereocenters. The molecule has 0 radical (unpaired) electrons. The average Bonchev–Trinajstić information content (AvgIpc) is 2.82. The number of rotatable bonds is 10. The second-order valence-corrected chi connectivity index (χ2v) is 7.34. The molecule has 164 valence electrons.